The Labute approximate surface area is 118 Å². The number of hydrogen-bond acceptors (Lipinski definition) is 3. The van der Waals surface area contributed by atoms with Gasteiger partial charge in [0.25, 0.3) is 0 Å². The predicted molar refractivity (Wildman–Crippen MR) is 81.6 cm³/mol. The van der Waals surface area contributed by atoms with Crippen LogP contribution in [0.5, 0.6) is 0 Å². The van der Waals surface area contributed by atoms with E-state index in [2.05, 4.69) is 29.6 Å². The molecule has 1 saturated heterocycles. The number of nitrogens with two attached hydrogens (primary N) is 1. The summed E-state index contributed by atoms with van der Waals surface area (Å²) in [5, 5.41) is 3.54. The highest BCUT2D eigenvalue weighted by molar-refractivity contribution is 7.17. The third kappa shape index (κ3) is 2.99. The first-order valence-corrected chi connectivity index (χ1v) is 8.06. The minimum absolute atomic E-state index is 0.140. The average molecular weight is 275 g/mol. The zero-order valence-corrected chi connectivity index (χ0v) is 12.0. The van der Waals surface area contributed by atoms with E-state index in [0.29, 0.717) is 6.10 Å². The fraction of sp³-hybridized carbons (Fsp3) is 0.500. The predicted octanol–water partition coefficient (Wildman–Crippen LogP) is 4.25. The molecule has 1 fully saturated rings. The molecule has 0 aliphatic carbocycles. The van der Waals surface area contributed by atoms with Gasteiger partial charge < -0.3 is 10.5 Å². The third-order valence-corrected chi connectivity index (χ3v) is 4.97. The Morgan fingerprint density at radius 1 is 1.32 bits per heavy atom. The average Bonchev–Trinajstić information content (AvgIpc) is 2.90. The van der Waals surface area contributed by atoms with Crippen LogP contribution in [0.15, 0.2) is 29.6 Å². The molecule has 0 bridgehead atoms. The molecule has 2 heterocycles. The van der Waals surface area contributed by atoms with Gasteiger partial charge in [0.2, 0.25) is 0 Å². The standard InChI is InChI=1S/C16H21NOS/c17-15(9-8-12-5-3-4-10-18-12)14-11-19-16-7-2-1-6-13(14)16/h1-2,6-7,11-12,15H,3-5,8-10,17H2. The highest BCUT2D eigenvalue weighted by atomic mass is 32.1. The van der Waals surface area contributed by atoms with Crippen molar-refractivity contribution in [3.63, 3.8) is 0 Å². The number of rotatable bonds is 4. The van der Waals surface area contributed by atoms with E-state index in [9.17, 15) is 0 Å². The van der Waals surface area contributed by atoms with Gasteiger partial charge in [0.1, 0.15) is 0 Å². The molecule has 1 aromatic carbocycles. The molecule has 0 amide bonds. The van der Waals surface area contributed by atoms with E-state index in [0.717, 1.165) is 19.4 Å². The summed E-state index contributed by atoms with van der Waals surface area (Å²) in [5.41, 5.74) is 7.68. The van der Waals surface area contributed by atoms with E-state index in [1.165, 1.54) is 34.9 Å². The molecule has 2 aromatic rings. The molecule has 2 nitrogen and oxygen atoms in total. The van der Waals surface area contributed by atoms with Crippen LogP contribution in [0.4, 0.5) is 0 Å². The molecule has 3 heteroatoms. The Morgan fingerprint density at radius 2 is 2.21 bits per heavy atom. The molecule has 3 rings (SSSR count). The Kier molecular flexibility index (Phi) is 4.16. The van der Waals surface area contributed by atoms with Crippen LogP contribution in [0.25, 0.3) is 10.1 Å². The van der Waals surface area contributed by atoms with Crippen LogP contribution in [0.2, 0.25) is 0 Å². The van der Waals surface area contributed by atoms with Gasteiger partial charge in [-0.25, -0.2) is 0 Å². The van der Waals surface area contributed by atoms with Crippen LogP contribution in [-0.4, -0.2) is 12.7 Å². The highest BCUT2D eigenvalue weighted by Crippen LogP contribution is 2.31. The quantitative estimate of drug-likeness (QED) is 0.905. The van der Waals surface area contributed by atoms with Gasteiger partial charge in [0, 0.05) is 17.3 Å². The number of hydrogen-bond donors (Lipinski definition) is 1. The van der Waals surface area contributed by atoms with Crippen molar-refractivity contribution >= 4 is 21.4 Å². The minimum Gasteiger partial charge on any atom is -0.378 e. The lowest BCUT2D eigenvalue weighted by Gasteiger charge is -2.23. The number of thiophene rings is 1. The van der Waals surface area contributed by atoms with Crippen LogP contribution >= 0.6 is 11.3 Å². The maximum absolute atomic E-state index is 6.37. The summed E-state index contributed by atoms with van der Waals surface area (Å²) in [5.74, 6) is 0. The van der Waals surface area contributed by atoms with Gasteiger partial charge in [-0.1, -0.05) is 18.2 Å². The van der Waals surface area contributed by atoms with Crippen LogP contribution in [0.1, 0.15) is 43.7 Å². The second kappa shape index (κ2) is 6.04. The molecular formula is C16H21NOS. The van der Waals surface area contributed by atoms with Crippen molar-refractivity contribution in [2.24, 2.45) is 5.73 Å². The van der Waals surface area contributed by atoms with Crippen molar-refractivity contribution in [1.29, 1.82) is 0 Å². The molecule has 2 unspecified atom stereocenters. The first kappa shape index (κ1) is 13.1. The summed E-state index contributed by atoms with van der Waals surface area (Å²) in [7, 11) is 0. The van der Waals surface area contributed by atoms with Crippen molar-refractivity contribution < 1.29 is 4.74 Å². The number of fused-ring (bicyclic) bond motifs is 1. The summed E-state index contributed by atoms with van der Waals surface area (Å²) in [6.07, 6.45) is 6.28. The van der Waals surface area contributed by atoms with Gasteiger partial charge in [-0.2, -0.15) is 0 Å². The van der Waals surface area contributed by atoms with Gasteiger partial charge in [0.05, 0.1) is 6.10 Å². The van der Waals surface area contributed by atoms with Crippen molar-refractivity contribution in [2.75, 3.05) is 6.61 Å². The lowest BCUT2D eigenvalue weighted by Crippen LogP contribution is -2.21. The molecule has 2 N–H and O–H groups in total. The highest BCUT2D eigenvalue weighted by Gasteiger charge is 2.17. The van der Waals surface area contributed by atoms with E-state index >= 15 is 0 Å². The van der Waals surface area contributed by atoms with Crippen LogP contribution in [0.3, 0.4) is 0 Å². The monoisotopic (exact) mass is 275 g/mol. The van der Waals surface area contributed by atoms with E-state index in [4.69, 9.17) is 10.5 Å². The van der Waals surface area contributed by atoms with E-state index in [1.54, 1.807) is 11.3 Å². The molecule has 19 heavy (non-hydrogen) atoms. The summed E-state index contributed by atoms with van der Waals surface area (Å²) in [6, 6.07) is 8.67. The smallest absolute Gasteiger partial charge is 0.0575 e. The largest absolute Gasteiger partial charge is 0.378 e. The molecule has 0 spiro atoms. The molecule has 1 aliphatic heterocycles. The van der Waals surface area contributed by atoms with Gasteiger partial charge in [-0.15, -0.1) is 11.3 Å². The van der Waals surface area contributed by atoms with Crippen molar-refractivity contribution in [2.45, 2.75) is 44.2 Å². The second-order valence-electron chi connectivity index (χ2n) is 5.36. The van der Waals surface area contributed by atoms with Crippen molar-refractivity contribution in [1.82, 2.24) is 0 Å². The maximum Gasteiger partial charge on any atom is 0.0575 e. The van der Waals surface area contributed by atoms with Crippen LogP contribution < -0.4 is 5.73 Å². The Balaban J connectivity index is 1.64. The normalized spacial score (nSPS) is 21.6. The van der Waals surface area contributed by atoms with Crippen LogP contribution in [0, 0.1) is 0 Å². The van der Waals surface area contributed by atoms with Gasteiger partial charge in [-0.3, -0.25) is 0 Å². The van der Waals surface area contributed by atoms with Gasteiger partial charge >= 0.3 is 0 Å². The summed E-state index contributed by atoms with van der Waals surface area (Å²) in [4.78, 5) is 0. The molecule has 102 valence electrons. The van der Waals surface area contributed by atoms with Crippen LogP contribution in [-0.2, 0) is 4.74 Å². The SMILES string of the molecule is NC(CCC1CCCCO1)c1csc2ccccc12. The fourth-order valence-electron chi connectivity index (χ4n) is 2.84. The Hall–Kier alpha value is -0.900. The van der Waals surface area contributed by atoms with E-state index in [-0.39, 0.29) is 6.04 Å². The molecular weight excluding hydrogens is 254 g/mol. The van der Waals surface area contributed by atoms with E-state index < -0.39 is 0 Å². The minimum atomic E-state index is 0.140. The lowest BCUT2D eigenvalue weighted by atomic mass is 9.97. The first-order chi connectivity index (χ1) is 9.34. The zero-order chi connectivity index (χ0) is 13.1. The molecule has 0 saturated carbocycles. The summed E-state index contributed by atoms with van der Waals surface area (Å²) < 4.78 is 7.12. The van der Waals surface area contributed by atoms with Crippen molar-refractivity contribution in [3.8, 4) is 0 Å². The maximum atomic E-state index is 6.37. The zero-order valence-electron chi connectivity index (χ0n) is 11.2. The third-order valence-electron chi connectivity index (χ3n) is 3.98. The number of ether oxygens (including phenoxy) is 1. The van der Waals surface area contributed by atoms with Gasteiger partial charge in [0.15, 0.2) is 0 Å². The molecule has 1 aromatic heterocycles. The topological polar surface area (TPSA) is 35.2 Å². The Bertz CT molecular complexity index is 530. The number of benzene rings is 1. The second-order valence-corrected chi connectivity index (χ2v) is 6.27. The fourth-order valence-corrected chi connectivity index (χ4v) is 3.87. The van der Waals surface area contributed by atoms with Gasteiger partial charge in [-0.05, 0) is 54.5 Å². The summed E-state index contributed by atoms with van der Waals surface area (Å²) >= 11 is 1.79. The van der Waals surface area contributed by atoms with Crippen molar-refractivity contribution in [3.05, 3.63) is 35.2 Å². The van der Waals surface area contributed by atoms with E-state index in [1.807, 2.05) is 0 Å². The lowest BCUT2D eigenvalue weighted by molar-refractivity contribution is 0.00914. The molecule has 0 radical (unpaired) electrons. The molecule has 2 atom stereocenters. The first-order valence-electron chi connectivity index (χ1n) is 7.18. The summed E-state index contributed by atoms with van der Waals surface area (Å²) in [6.45, 7) is 0.932. The Morgan fingerprint density at radius 3 is 3.05 bits per heavy atom. The molecule has 1 aliphatic rings.